The van der Waals surface area contributed by atoms with Crippen LogP contribution in [0.2, 0.25) is 0 Å². The normalized spacial score (nSPS) is 35.3. The molecule has 4 atom stereocenters. The van der Waals surface area contributed by atoms with Gasteiger partial charge in [0.1, 0.15) is 0 Å². The van der Waals surface area contributed by atoms with E-state index in [2.05, 4.69) is 6.92 Å². The molecule has 2 aliphatic rings. The van der Waals surface area contributed by atoms with Crippen molar-refractivity contribution in [3.8, 4) is 0 Å². The maximum Gasteiger partial charge on any atom is 0.0575 e. The average molecular weight is 253 g/mol. The molecule has 1 heterocycles. The van der Waals surface area contributed by atoms with E-state index >= 15 is 0 Å². The van der Waals surface area contributed by atoms with Crippen molar-refractivity contribution in [2.24, 2.45) is 17.6 Å². The molecular formula is C16H31NO. The minimum absolute atomic E-state index is 0.421. The summed E-state index contributed by atoms with van der Waals surface area (Å²) in [6.07, 6.45) is 13.7. The van der Waals surface area contributed by atoms with Crippen molar-refractivity contribution in [3.63, 3.8) is 0 Å². The largest absolute Gasteiger partial charge is 0.378 e. The minimum Gasteiger partial charge on any atom is -0.378 e. The highest BCUT2D eigenvalue weighted by Gasteiger charge is 2.26. The molecule has 106 valence electrons. The average Bonchev–Trinajstić information content (AvgIpc) is 2.46. The van der Waals surface area contributed by atoms with Gasteiger partial charge in [-0.3, -0.25) is 0 Å². The monoisotopic (exact) mass is 253 g/mol. The molecule has 0 spiro atoms. The Hall–Kier alpha value is -0.0800. The van der Waals surface area contributed by atoms with Crippen LogP contribution in [0, 0.1) is 11.8 Å². The number of hydrogen-bond acceptors (Lipinski definition) is 2. The van der Waals surface area contributed by atoms with Crippen molar-refractivity contribution in [3.05, 3.63) is 0 Å². The summed E-state index contributed by atoms with van der Waals surface area (Å²) in [7, 11) is 0. The van der Waals surface area contributed by atoms with Crippen LogP contribution in [-0.4, -0.2) is 18.8 Å². The molecule has 0 aromatic rings. The van der Waals surface area contributed by atoms with Gasteiger partial charge in [0.05, 0.1) is 6.10 Å². The van der Waals surface area contributed by atoms with Crippen LogP contribution in [0.3, 0.4) is 0 Å². The quantitative estimate of drug-likeness (QED) is 0.807. The second-order valence-corrected chi connectivity index (χ2v) is 6.43. The zero-order chi connectivity index (χ0) is 12.8. The van der Waals surface area contributed by atoms with E-state index in [-0.39, 0.29) is 0 Å². The molecule has 1 aliphatic heterocycles. The summed E-state index contributed by atoms with van der Waals surface area (Å²) in [5.41, 5.74) is 6.43. The van der Waals surface area contributed by atoms with Crippen LogP contribution in [0.15, 0.2) is 0 Å². The summed E-state index contributed by atoms with van der Waals surface area (Å²) < 4.78 is 5.80. The first-order valence-electron chi connectivity index (χ1n) is 8.16. The van der Waals surface area contributed by atoms with Crippen molar-refractivity contribution in [2.45, 2.75) is 83.3 Å². The molecule has 2 nitrogen and oxygen atoms in total. The van der Waals surface area contributed by atoms with Gasteiger partial charge in [-0.25, -0.2) is 0 Å². The lowest BCUT2D eigenvalue weighted by Crippen LogP contribution is -2.35. The zero-order valence-electron chi connectivity index (χ0n) is 12.1. The Morgan fingerprint density at radius 3 is 2.78 bits per heavy atom. The summed E-state index contributed by atoms with van der Waals surface area (Å²) in [5, 5.41) is 0. The third-order valence-electron chi connectivity index (χ3n) is 5.10. The number of hydrogen-bond donors (Lipinski definition) is 1. The zero-order valence-corrected chi connectivity index (χ0v) is 12.1. The third kappa shape index (κ3) is 4.24. The highest BCUT2D eigenvalue weighted by atomic mass is 16.5. The van der Waals surface area contributed by atoms with Gasteiger partial charge in [0.25, 0.3) is 0 Å². The minimum atomic E-state index is 0.421. The second kappa shape index (κ2) is 7.49. The van der Waals surface area contributed by atoms with Gasteiger partial charge in [-0.15, -0.1) is 0 Å². The van der Waals surface area contributed by atoms with Crippen molar-refractivity contribution >= 4 is 0 Å². The lowest BCUT2D eigenvalue weighted by Gasteiger charge is -2.33. The van der Waals surface area contributed by atoms with Gasteiger partial charge in [-0.05, 0) is 56.8 Å². The van der Waals surface area contributed by atoms with Crippen LogP contribution < -0.4 is 5.73 Å². The van der Waals surface area contributed by atoms with Gasteiger partial charge < -0.3 is 10.5 Å². The molecule has 0 aromatic heterocycles. The topological polar surface area (TPSA) is 35.2 Å². The standard InChI is InChI=1S/C16H31NO/c1-2-13-6-5-7-14(12-13)16(17)10-9-15-8-3-4-11-18-15/h13-16H,2-12,17H2,1H3. The number of ether oxygens (including phenoxy) is 1. The van der Waals surface area contributed by atoms with E-state index in [1.165, 1.54) is 64.2 Å². The van der Waals surface area contributed by atoms with Gasteiger partial charge in [-0.2, -0.15) is 0 Å². The molecule has 2 N–H and O–H groups in total. The molecule has 2 heteroatoms. The molecule has 0 amide bonds. The molecule has 18 heavy (non-hydrogen) atoms. The smallest absolute Gasteiger partial charge is 0.0575 e. The molecule has 1 saturated carbocycles. The first kappa shape index (κ1) is 14.3. The van der Waals surface area contributed by atoms with E-state index in [1.807, 2.05) is 0 Å². The molecule has 1 saturated heterocycles. The molecule has 2 rings (SSSR count). The van der Waals surface area contributed by atoms with Crippen molar-refractivity contribution < 1.29 is 4.74 Å². The molecule has 1 aliphatic carbocycles. The van der Waals surface area contributed by atoms with Gasteiger partial charge in [0.15, 0.2) is 0 Å². The van der Waals surface area contributed by atoms with Gasteiger partial charge in [0.2, 0.25) is 0 Å². The van der Waals surface area contributed by atoms with Crippen LogP contribution in [0.4, 0.5) is 0 Å². The van der Waals surface area contributed by atoms with E-state index in [0.29, 0.717) is 12.1 Å². The molecule has 2 fully saturated rings. The Morgan fingerprint density at radius 1 is 1.17 bits per heavy atom. The SMILES string of the molecule is CCC1CCCC(C(N)CCC2CCCCO2)C1. The first-order chi connectivity index (χ1) is 8.79. The summed E-state index contributed by atoms with van der Waals surface area (Å²) >= 11 is 0. The molecule has 4 unspecified atom stereocenters. The Morgan fingerprint density at radius 2 is 2.06 bits per heavy atom. The Labute approximate surface area is 113 Å². The summed E-state index contributed by atoms with van der Waals surface area (Å²) in [6.45, 7) is 3.30. The van der Waals surface area contributed by atoms with E-state index in [0.717, 1.165) is 18.4 Å². The summed E-state index contributed by atoms with van der Waals surface area (Å²) in [6, 6.07) is 0.421. The summed E-state index contributed by atoms with van der Waals surface area (Å²) in [5.74, 6) is 1.73. The number of nitrogens with two attached hydrogens (primary N) is 1. The fourth-order valence-electron chi connectivity index (χ4n) is 3.74. The highest BCUT2D eigenvalue weighted by molar-refractivity contribution is 4.81. The maximum atomic E-state index is 6.43. The molecule has 0 aromatic carbocycles. The predicted molar refractivity (Wildman–Crippen MR) is 76.5 cm³/mol. The van der Waals surface area contributed by atoms with Crippen LogP contribution >= 0.6 is 0 Å². The van der Waals surface area contributed by atoms with E-state index in [4.69, 9.17) is 10.5 Å². The van der Waals surface area contributed by atoms with Gasteiger partial charge in [-0.1, -0.05) is 26.2 Å². The van der Waals surface area contributed by atoms with Gasteiger partial charge >= 0.3 is 0 Å². The molecule has 0 radical (unpaired) electrons. The van der Waals surface area contributed by atoms with Crippen LogP contribution in [-0.2, 0) is 4.74 Å². The summed E-state index contributed by atoms with van der Waals surface area (Å²) in [4.78, 5) is 0. The van der Waals surface area contributed by atoms with Crippen LogP contribution in [0.5, 0.6) is 0 Å². The maximum absolute atomic E-state index is 6.43. The first-order valence-corrected chi connectivity index (χ1v) is 8.16. The number of rotatable bonds is 5. The second-order valence-electron chi connectivity index (χ2n) is 6.43. The third-order valence-corrected chi connectivity index (χ3v) is 5.10. The predicted octanol–water partition coefficient (Wildman–Crippen LogP) is 3.88. The highest BCUT2D eigenvalue weighted by Crippen LogP contribution is 2.33. The molecule has 0 bridgehead atoms. The Kier molecular flexibility index (Phi) is 5.97. The van der Waals surface area contributed by atoms with E-state index in [9.17, 15) is 0 Å². The fraction of sp³-hybridized carbons (Fsp3) is 1.00. The van der Waals surface area contributed by atoms with Crippen molar-refractivity contribution in [1.29, 1.82) is 0 Å². The lowest BCUT2D eigenvalue weighted by atomic mass is 9.76. The molecular weight excluding hydrogens is 222 g/mol. The van der Waals surface area contributed by atoms with Crippen LogP contribution in [0.25, 0.3) is 0 Å². The Bertz CT molecular complexity index is 225. The van der Waals surface area contributed by atoms with Crippen molar-refractivity contribution in [1.82, 2.24) is 0 Å². The van der Waals surface area contributed by atoms with Crippen molar-refractivity contribution in [2.75, 3.05) is 6.61 Å². The lowest BCUT2D eigenvalue weighted by molar-refractivity contribution is 0.00767. The van der Waals surface area contributed by atoms with Crippen LogP contribution in [0.1, 0.15) is 71.1 Å². The Balaban J connectivity index is 1.68. The van der Waals surface area contributed by atoms with E-state index in [1.54, 1.807) is 0 Å². The van der Waals surface area contributed by atoms with E-state index < -0.39 is 0 Å². The van der Waals surface area contributed by atoms with Gasteiger partial charge in [0, 0.05) is 12.6 Å². The fourth-order valence-corrected chi connectivity index (χ4v) is 3.74.